The highest BCUT2D eigenvalue weighted by atomic mass is 16.2. The third-order valence-corrected chi connectivity index (χ3v) is 2.21. The van der Waals surface area contributed by atoms with E-state index in [4.69, 9.17) is 0 Å². The van der Waals surface area contributed by atoms with Gasteiger partial charge in [0.25, 0.3) is 0 Å². The average molecular weight is 182 g/mol. The smallest absolute Gasteiger partial charge is 0.250 e. The number of carbonyl (C=O) groups excluding carboxylic acids is 1. The van der Waals surface area contributed by atoms with Gasteiger partial charge in [0.05, 0.1) is 0 Å². The summed E-state index contributed by atoms with van der Waals surface area (Å²) in [7, 11) is 0. The maximum absolute atomic E-state index is 11.3. The topological polar surface area (TPSA) is 41.5 Å². The summed E-state index contributed by atoms with van der Waals surface area (Å²) < 4.78 is 0. The van der Waals surface area contributed by atoms with Gasteiger partial charge in [0.15, 0.2) is 0 Å². The highest BCUT2D eigenvalue weighted by molar-refractivity contribution is 6.05. The molecule has 1 aliphatic heterocycles. The first-order chi connectivity index (χ1) is 6.27. The van der Waals surface area contributed by atoms with Crippen molar-refractivity contribution < 1.29 is 4.79 Å². The molecule has 13 heavy (non-hydrogen) atoms. The Labute approximate surface area is 79.6 Å². The van der Waals surface area contributed by atoms with E-state index < -0.39 is 0 Å². The molecular weight excluding hydrogens is 164 g/mol. The van der Waals surface area contributed by atoms with Crippen molar-refractivity contribution in [3.8, 4) is 0 Å². The first kappa shape index (κ1) is 10.2. The minimum atomic E-state index is -0.100. The summed E-state index contributed by atoms with van der Waals surface area (Å²) >= 11 is 0. The molecule has 0 aromatic carbocycles. The van der Waals surface area contributed by atoms with Crippen molar-refractivity contribution in [2.75, 3.05) is 0 Å². The first-order valence-electron chi connectivity index (χ1n) is 5.15. The lowest BCUT2D eigenvalue weighted by Gasteiger charge is -1.99. The molecule has 0 aromatic rings. The molecule has 1 aliphatic rings. The van der Waals surface area contributed by atoms with Crippen molar-refractivity contribution in [3.05, 3.63) is 0 Å². The molecule has 1 unspecified atom stereocenters. The van der Waals surface area contributed by atoms with Crippen molar-refractivity contribution in [1.29, 1.82) is 0 Å². The van der Waals surface area contributed by atoms with Gasteiger partial charge < -0.3 is 5.32 Å². The summed E-state index contributed by atoms with van der Waals surface area (Å²) in [6.45, 7) is 4.22. The maximum atomic E-state index is 11.3. The molecule has 1 heterocycles. The molecule has 0 fully saturated rings. The number of nitrogens with zero attached hydrogens (tertiary/aromatic N) is 1. The molecule has 3 nitrogen and oxygen atoms in total. The van der Waals surface area contributed by atoms with Gasteiger partial charge in [0.2, 0.25) is 5.91 Å². The standard InChI is InChI=1S/C10H18N2O/c1-3-5-7-9-11-8(6-4-2)10(13)12-9/h8H,3-7H2,1-2H3,(H,11,12,13). The zero-order valence-corrected chi connectivity index (χ0v) is 8.47. The van der Waals surface area contributed by atoms with Crippen LogP contribution in [0.15, 0.2) is 4.99 Å². The third-order valence-electron chi connectivity index (χ3n) is 2.21. The third kappa shape index (κ3) is 2.83. The van der Waals surface area contributed by atoms with Crippen molar-refractivity contribution in [3.63, 3.8) is 0 Å². The fourth-order valence-electron chi connectivity index (χ4n) is 1.44. The second-order valence-corrected chi connectivity index (χ2v) is 3.47. The number of unbranched alkanes of at least 4 members (excludes halogenated alkanes) is 1. The average Bonchev–Trinajstić information content (AvgIpc) is 2.45. The Morgan fingerprint density at radius 3 is 2.77 bits per heavy atom. The van der Waals surface area contributed by atoms with Crippen LogP contribution in [0.3, 0.4) is 0 Å². The number of amides is 1. The molecule has 0 aromatic heterocycles. The fraction of sp³-hybridized carbons (Fsp3) is 0.800. The lowest BCUT2D eigenvalue weighted by atomic mass is 10.2. The number of nitrogens with one attached hydrogen (secondary N) is 1. The monoisotopic (exact) mass is 182 g/mol. The SMILES string of the molecule is CCCCC1=NC(CCC)C(=O)N1. The second kappa shape index (κ2) is 5.00. The van der Waals surface area contributed by atoms with Crippen LogP contribution in [0.4, 0.5) is 0 Å². The lowest BCUT2D eigenvalue weighted by Crippen LogP contribution is -2.28. The number of aliphatic imine (C=N–C) groups is 1. The van der Waals surface area contributed by atoms with Crippen LogP contribution in [-0.4, -0.2) is 17.8 Å². The van der Waals surface area contributed by atoms with E-state index in [1.54, 1.807) is 0 Å². The predicted molar refractivity (Wildman–Crippen MR) is 53.8 cm³/mol. The molecule has 0 aliphatic carbocycles. The van der Waals surface area contributed by atoms with Crippen LogP contribution in [-0.2, 0) is 4.79 Å². The summed E-state index contributed by atoms with van der Waals surface area (Å²) in [5.41, 5.74) is 0. The molecule has 0 saturated heterocycles. The van der Waals surface area contributed by atoms with Crippen LogP contribution in [0.5, 0.6) is 0 Å². The zero-order chi connectivity index (χ0) is 9.68. The number of rotatable bonds is 5. The highest BCUT2D eigenvalue weighted by Crippen LogP contribution is 2.10. The number of carbonyl (C=O) groups is 1. The second-order valence-electron chi connectivity index (χ2n) is 3.47. The Bertz CT molecular complexity index is 211. The minimum absolute atomic E-state index is 0.0907. The summed E-state index contributed by atoms with van der Waals surface area (Å²) in [5.74, 6) is 0.984. The maximum Gasteiger partial charge on any atom is 0.250 e. The van der Waals surface area contributed by atoms with Crippen LogP contribution in [0.2, 0.25) is 0 Å². The van der Waals surface area contributed by atoms with E-state index in [0.717, 1.165) is 37.9 Å². The molecule has 74 valence electrons. The molecule has 1 rings (SSSR count). The van der Waals surface area contributed by atoms with Gasteiger partial charge in [-0.2, -0.15) is 0 Å². The van der Waals surface area contributed by atoms with Crippen LogP contribution in [0.25, 0.3) is 0 Å². The molecule has 0 spiro atoms. The zero-order valence-electron chi connectivity index (χ0n) is 8.47. The van der Waals surface area contributed by atoms with Gasteiger partial charge in [-0.3, -0.25) is 9.79 Å². The molecule has 1 amide bonds. The predicted octanol–water partition coefficient (Wildman–Crippen LogP) is 1.87. The van der Waals surface area contributed by atoms with E-state index in [0.29, 0.717) is 0 Å². The number of hydrogen-bond acceptors (Lipinski definition) is 2. The normalized spacial score (nSPS) is 21.5. The van der Waals surface area contributed by atoms with Gasteiger partial charge in [-0.25, -0.2) is 0 Å². The van der Waals surface area contributed by atoms with Crippen LogP contribution >= 0.6 is 0 Å². The number of hydrogen-bond donors (Lipinski definition) is 1. The van der Waals surface area contributed by atoms with Crippen molar-refractivity contribution in [2.24, 2.45) is 4.99 Å². The van der Waals surface area contributed by atoms with Gasteiger partial charge in [-0.1, -0.05) is 26.7 Å². The Balaban J connectivity index is 2.41. The van der Waals surface area contributed by atoms with Crippen molar-refractivity contribution in [1.82, 2.24) is 5.32 Å². The Kier molecular flexibility index (Phi) is 3.93. The van der Waals surface area contributed by atoms with Gasteiger partial charge >= 0.3 is 0 Å². The summed E-state index contributed by atoms with van der Waals surface area (Å²) in [6, 6.07) is -0.100. The summed E-state index contributed by atoms with van der Waals surface area (Å²) in [6.07, 6.45) is 5.07. The molecule has 0 radical (unpaired) electrons. The molecule has 3 heteroatoms. The van der Waals surface area contributed by atoms with E-state index in [1.807, 2.05) is 0 Å². The van der Waals surface area contributed by atoms with Crippen molar-refractivity contribution in [2.45, 2.75) is 52.0 Å². The lowest BCUT2D eigenvalue weighted by molar-refractivity contribution is -0.120. The first-order valence-corrected chi connectivity index (χ1v) is 5.15. The van der Waals surface area contributed by atoms with E-state index >= 15 is 0 Å². The summed E-state index contributed by atoms with van der Waals surface area (Å²) in [5, 5.41) is 2.83. The Morgan fingerprint density at radius 1 is 1.38 bits per heavy atom. The Morgan fingerprint density at radius 2 is 2.15 bits per heavy atom. The van der Waals surface area contributed by atoms with Crippen LogP contribution in [0.1, 0.15) is 46.0 Å². The van der Waals surface area contributed by atoms with Gasteiger partial charge in [0.1, 0.15) is 11.9 Å². The van der Waals surface area contributed by atoms with Gasteiger partial charge in [-0.15, -0.1) is 0 Å². The van der Waals surface area contributed by atoms with E-state index in [-0.39, 0.29) is 11.9 Å². The van der Waals surface area contributed by atoms with E-state index in [2.05, 4.69) is 24.2 Å². The van der Waals surface area contributed by atoms with Gasteiger partial charge in [-0.05, 0) is 12.8 Å². The van der Waals surface area contributed by atoms with Crippen LogP contribution < -0.4 is 5.32 Å². The van der Waals surface area contributed by atoms with Gasteiger partial charge in [0, 0.05) is 6.42 Å². The molecular formula is C10H18N2O. The Hall–Kier alpha value is -0.860. The van der Waals surface area contributed by atoms with E-state index in [1.165, 1.54) is 0 Å². The van der Waals surface area contributed by atoms with Crippen LogP contribution in [0, 0.1) is 0 Å². The minimum Gasteiger partial charge on any atom is -0.313 e. The quantitative estimate of drug-likeness (QED) is 0.693. The molecule has 0 bridgehead atoms. The van der Waals surface area contributed by atoms with Crippen molar-refractivity contribution >= 4 is 11.7 Å². The van der Waals surface area contributed by atoms with E-state index in [9.17, 15) is 4.79 Å². The molecule has 1 N–H and O–H groups in total. The molecule has 0 saturated carbocycles. The molecule has 1 atom stereocenters. The summed E-state index contributed by atoms with van der Waals surface area (Å²) in [4.78, 5) is 15.7. The fourth-order valence-corrected chi connectivity index (χ4v) is 1.44. The largest absolute Gasteiger partial charge is 0.313 e. The highest BCUT2D eigenvalue weighted by Gasteiger charge is 2.24. The number of amidine groups is 1.